The van der Waals surface area contributed by atoms with Crippen LogP contribution in [0.25, 0.3) is 0 Å². The topological polar surface area (TPSA) is 26.0 Å². The molecule has 0 saturated carbocycles. The lowest BCUT2D eigenvalue weighted by molar-refractivity contribution is 0.950. The number of rotatable bonds is 1. The van der Waals surface area contributed by atoms with Crippen molar-refractivity contribution in [2.75, 3.05) is 18.1 Å². The summed E-state index contributed by atoms with van der Waals surface area (Å²) >= 11 is 2.04. The first kappa shape index (κ1) is 7.16. The molecular formula is C7H13NS. The summed E-state index contributed by atoms with van der Waals surface area (Å²) in [6.07, 6.45) is 4.70. The van der Waals surface area contributed by atoms with Crippen LogP contribution in [0.15, 0.2) is 11.6 Å². The molecule has 0 amide bonds. The molecule has 0 bridgehead atoms. The van der Waals surface area contributed by atoms with Gasteiger partial charge >= 0.3 is 0 Å². The molecule has 0 spiro atoms. The minimum atomic E-state index is 0.722. The maximum absolute atomic E-state index is 5.38. The van der Waals surface area contributed by atoms with E-state index in [-0.39, 0.29) is 0 Å². The minimum absolute atomic E-state index is 0.722. The van der Waals surface area contributed by atoms with Gasteiger partial charge in [0.2, 0.25) is 0 Å². The molecule has 52 valence electrons. The first-order chi connectivity index (χ1) is 4.43. The number of hydrogen-bond acceptors (Lipinski definition) is 2. The lowest BCUT2D eigenvalue weighted by Crippen LogP contribution is -2.02. The molecule has 0 radical (unpaired) electrons. The summed E-state index contributed by atoms with van der Waals surface area (Å²) in [5, 5.41) is 0. The second-order valence-electron chi connectivity index (χ2n) is 2.21. The molecule has 1 saturated heterocycles. The Morgan fingerprint density at radius 1 is 1.44 bits per heavy atom. The van der Waals surface area contributed by atoms with E-state index < -0.39 is 0 Å². The SMILES string of the molecule is NCC=C1CCSCC1. The predicted molar refractivity (Wildman–Crippen MR) is 43.7 cm³/mol. The van der Waals surface area contributed by atoms with Crippen LogP contribution in [0.4, 0.5) is 0 Å². The average molecular weight is 143 g/mol. The van der Waals surface area contributed by atoms with Gasteiger partial charge in [0, 0.05) is 6.54 Å². The Hall–Kier alpha value is 0.0500. The van der Waals surface area contributed by atoms with Gasteiger partial charge in [-0.05, 0) is 24.3 Å². The highest BCUT2D eigenvalue weighted by molar-refractivity contribution is 7.99. The highest BCUT2D eigenvalue weighted by Crippen LogP contribution is 2.20. The molecule has 0 atom stereocenters. The van der Waals surface area contributed by atoms with Gasteiger partial charge < -0.3 is 5.73 Å². The number of nitrogens with two attached hydrogens (primary N) is 1. The lowest BCUT2D eigenvalue weighted by atomic mass is 10.1. The van der Waals surface area contributed by atoms with Crippen molar-refractivity contribution in [3.63, 3.8) is 0 Å². The van der Waals surface area contributed by atoms with Crippen LogP contribution < -0.4 is 5.73 Å². The average Bonchev–Trinajstić information content (AvgIpc) is 1.91. The third-order valence-corrected chi connectivity index (χ3v) is 2.53. The van der Waals surface area contributed by atoms with E-state index in [1.165, 1.54) is 24.3 Å². The maximum Gasteiger partial charge on any atom is 0.0109 e. The summed E-state index contributed by atoms with van der Waals surface area (Å²) in [7, 11) is 0. The van der Waals surface area contributed by atoms with Crippen molar-refractivity contribution in [3.8, 4) is 0 Å². The van der Waals surface area contributed by atoms with Crippen LogP contribution in [-0.4, -0.2) is 18.1 Å². The van der Waals surface area contributed by atoms with Crippen LogP contribution in [0.2, 0.25) is 0 Å². The van der Waals surface area contributed by atoms with Crippen molar-refractivity contribution < 1.29 is 0 Å². The van der Waals surface area contributed by atoms with Crippen molar-refractivity contribution in [2.24, 2.45) is 5.73 Å². The molecule has 1 nitrogen and oxygen atoms in total. The third-order valence-electron chi connectivity index (χ3n) is 1.54. The van der Waals surface area contributed by atoms with Crippen LogP contribution in [0.3, 0.4) is 0 Å². The van der Waals surface area contributed by atoms with E-state index in [0.29, 0.717) is 0 Å². The number of hydrogen-bond donors (Lipinski definition) is 1. The first-order valence-corrected chi connectivity index (χ1v) is 4.54. The van der Waals surface area contributed by atoms with Gasteiger partial charge in [0.1, 0.15) is 0 Å². The van der Waals surface area contributed by atoms with Crippen molar-refractivity contribution in [1.29, 1.82) is 0 Å². The van der Waals surface area contributed by atoms with Gasteiger partial charge in [0.15, 0.2) is 0 Å². The first-order valence-electron chi connectivity index (χ1n) is 3.39. The van der Waals surface area contributed by atoms with Crippen molar-refractivity contribution in [2.45, 2.75) is 12.8 Å². The Labute approximate surface area is 60.7 Å². The molecule has 0 aromatic carbocycles. The summed E-state index contributed by atoms with van der Waals surface area (Å²) < 4.78 is 0. The molecule has 0 aliphatic carbocycles. The minimum Gasteiger partial charge on any atom is -0.327 e. The Balaban J connectivity index is 2.30. The van der Waals surface area contributed by atoms with Crippen molar-refractivity contribution in [3.05, 3.63) is 11.6 Å². The van der Waals surface area contributed by atoms with E-state index in [2.05, 4.69) is 6.08 Å². The second kappa shape index (κ2) is 3.96. The molecule has 2 heteroatoms. The van der Waals surface area contributed by atoms with E-state index in [1.54, 1.807) is 5.57 Å². The molecule has 1 rings (SSSR count). The van der Waals surface area contributed by atoms with Gasteiger partial charge in [-0.25, -0.2) is 0 Å². The molecule has 1 fully saturated rings. The fraction of sp³-hybridized carbons (Fsp3) is 0.714. The molecule has 0 aromatic rings. The zero-order chi connectivity index (χ0) is 6.53. The van der Waals surface area contributed by atoms with E-state index in [0.717, 1.165) is 6.54 Å². The van der Waals surface area contributed by atoms with Gasteiger partial charge in [-0.2, -0.15) is 11.8 Å². The lowest BCUT2D eigenvalue weighted by Gasteiger charge is -2.12. The predicted octanol–water partition coefficient (Wildman–Crippen LogP) is 1.40. The fourth-order valence-electron chi connectivity index (χ4n) is 1.00. The smallest absolute Gasteiger partial charge is 0.0109 e. The highest BCUT2D eigenvalue weighted by atomic mass is 32.2. The summed E-state index contributed by atoms with van der Waals surface area (Å²) in [5.74, 6) is 2.59. The summed E-state index contributed by atoms with van der Waals surface area (Å²) in [6.45, 7) is 0.722. The zero-order valence-electron chi connectivity index (χ0n) is 5.60. The van der Waals surface area contributed by atoms with Crippen LogP contribution >= 0.6 is 11.8 Å². The second-order valence-corrected chi connectivity index (χ2v) is 3.44. The standard InChI is InChI=1S/C7H13NS/c8-4-1-7-2-5-9-6-3-7/h1H,2-6,8H2. The zero-order valence-corrected chi connectivity index (χ0v) is 6.41. The van der Waals surface area contributed by atoms with Crippen LogP contribution in [-0.2, 0) is 0 Å². The Morgan fingerprint density at radius 2 is 2.11 bits per heavy atom. The molecule has 0 aromatic heterocycles. The summed E-state index contributed by atoms with van der Waals surface area (Å²) in [4.78, 5) is 0. The molecule has 1 aliphatic heterocycles. The Bertz CT molecular complexity index is 101. The fourth-order valence-corrected chi connectivity index (χ4v) is 2.02. The number of thioether (sulfide) groups is 1. The molecule has 2 N–H and O–H groups in total. The van der Waals surface area contributed by atoms with Crippen LogP contribution in [0.5, 0.6) is 0 Å². The van der Waals surface area contributed by atoms with Gasteiger partial charge in [0.05, 0.1) is 0 Å². The van der Waals surface area contributed by atoms with Gasteiger partial charge in [-0.3, -0.25) is 0 Å². The highest BCUT2D eigenvalue weighted by Gasteiger charge is 2.03. The number of allylic oxidation sites excluding steroid dienone is 1. The third kappa shape index (κ3) is 2.41. The summed E-state index contributed by atoms with van der Waals surface area (Å²) in [5.41, 5.74) is 6.94. The Morgan fingerprint density at radius 3 is 2.67 bits per heavy atom. The van der Waals surface area contributed by atoms with Crippen LogP contribution in [0, 0.1) is 0 Å². The molecule has 1 heterocycles. The van der Waals surface area contributed by atoms with Crippen molar-refractivity contribution >= 4 is 11.8 Å². The molecule has 1 aliphatic rings. The molecular weight excluding hydrogens is 130 g/mol. The van der Waals surface area contributed by atoms with E-state index in [1.807, 2.05) is 11.8 Å². The van der Waals surface area contributed by atoms with E-state index in [9.17, 15) is 0 Å². The maximum atomic E-state index is 5.38. The van der Waals surface area contributed by atoms with Crippen LogP contribution in [0.1, 0.15) is 12.8 Å². The van der Waals surface area contributed by atoms with E-state index >= 15 is 0 Å². The van der Waals surface area contributed by atoms with Gasteiger partial charge in [-0.15, -0.1) is 0 Å². The van der Waals surface area contributed by atoms with Crippen molar-refractivity contribution in [1.82, 2.24) is 0 Å². The monoisotopic (exact) mass is 143 g/mol. The quantitative estimate of drug-likeness (QED) is 0.561. The largest absolute Gasteiger partial charge is 0.327 e. The Kier molecular flexibility index (Phi) is 3.15. The van der Waals surface area contributed by atoms with Gasteiger partial charge in [-0.1, -0.05) is 11.6 Å². The van der Waals surface area contributed by atoms with E-state index in [4.69, 9.17) is 5.73 Å². The van der Waals surface area contributed by atoms with Gasteiger partial charge in [0.25, 0.3) is 0 Å². The molecule has 9 heavy (non-hydrogen) atoms. The summed E-state index contributed by atoms with van der Waals surface area (Å²) in [6, 6.07) is 0. The molecule has 0 unspecified atom stereocenters. The normalized spacial score (nSPS) is 19.9.